The fourth-order valence-electron chi connectivity index (χ4n) is 4.93. The molecule has 1 aliphatic carbocycles. The van der Waals surface area contributed by atoms with Gasteiger partial charge in [0.2, 0.25) is 0 Å². The van der Waals surface area contributed by atoms with Crippen LogP contribution in [-0.4, -0.2) is 43.7 Å². The summed E-state index contributed by atoms with van der Waals surface area (Å²) in [6.07, 6.45) is 11.0. The van der Waals surface area contributed by atoms with Gasteiger partial charge in [-0.25, -0.2) is 0 Å². The maximum absolute atomic E-state index is 5.79. The number of benzene rings is 1. The fourth-order valence-corrected chi connectivity index (χ4v) is 4.93. The highest BCUT2D eigenvalue weighted by atomic mass is 16.5. The Morgan fingerprint density at radius 1 is 1.15 bits per heavy atom. The average molecular weight is 355 g/mol. The summed E-state index contributed by atoms with van der Waals surface area (Å²) >= 11 is 0. The number of aryl methyl sites for hydroxylation is 1. The zero-order chi connectivity index (χ0) is 17.8. The van der Waals surface area contributed by atoms with Crippen LogP contribution in [0.1, 0.15) is 55.7 Å². The minimum absolute atomic E-state index is 0.714. The van der Waals surface area contributed by atoms with Gasteiger partial charge in [-0.1, -0.05) is 19.1 Å². The van der Waals surface area contributed by atoms with Crippen LogP contribution in [0.4, 0.5) is 0 Å². The molecule has 1 aromatic carbocycles. The first-order valence-electron chi connectivity index (χ1n) is 10.7. The highest BCUT2D eigenvalue weighted by Gasteiger charge is 2.27. The Bertz CT molecular complexity index is 633. The third-order valence-electron chi connectivity index (χ3n) is 6.38. The van der Waals surface area contributed by atoms with E-state index in [0.717, 1.165) is 24.7 Å². The van der Waals surface area contributed by atoms with Crippen molar-refractivity contribution in [3.8, 4) is 0 Å². The highest BCUT2D eigenvalue weighted by molar-refractivity contribution is 5.62. The molecule has 0 aromatic heterocycles. The second kappa shape index (κ2) is 8.58. The van der Waals surface area contributed by atoms with E-state index in [1.807, 2.05) is 0 Å². The summed E-state index contributed by atoms with van der Waals surface area (Å²) in [7, 11) is 0. The zero-order valence-electron chi connectivity index (χ0n) is 16.3. The number of hydrogen-bond acceptors (Lipinski definition) is 3. The number of nitrogens with one attached hydrogen (secondary N) is 1. The van der Waals surface area contributed by atoms with Crippen LogP contribution in [-0.2, 0) is 17.6 Å². The highest BCUT2D eigenvalue weighted by Crippen LogP contribution is 2.30. The third kappa shape index (κ3) is 4.15. The molecule has 3 heteroatoms. The van der Waals surface area contributed by atoms with Gasteiger partial charge in [0.15, 0.2) is 0 Å². The molecule has 2 heterocycles. The van der Waals surface area contributed by atoms with E-state index in [0.29, 0.717) is 6.04 Å². The second-order valence-corrected chi connectivity index (χ2v) is 8.27. The summed E-state index contributed by atoms with van der Waals surface area (Å²) in [5.41, 5.74) is 4.39. The molecule has 142 valence electrons. The smallest absolute Gasteiger partial charge is 0.122 e. The molecule has 1 saturated heterocycles. The number of nitrogens with zero attached hydrogens (tertiary/aromatic N) is 1. The molecule has 1 N–H and O–H groups in total. The summed E-state index contributed by atoms with van der Waals surface area (Å²) in [4.78, 5) is 2.82. The van der Waals surface area contributed by atoms with E-state index >= 15 is 0 Å². The normalized spacial score (nSPS) is 23.6. The van der Waals surface area contributed by atoms with E-state index in [4.69, 9.17) is 4.74 Å². The van der Waals surface area contributed by atoms with Crippen molar-refractivity contribution in [2.24, 2.45) is 5.92 Å². The van der Waals surface area contributed by atoms with E-state index in [1.54, 1.807) is 11.1 Å². The van der Waals surface area contributed by atoms with Crippen LogP contribution in [0.5, 0.6) is 0 Å². The van der Waals surface area contributed by atoms with Crippen LogP contribution in [0.15, 0.2) is 24.3 Å². The third-order valence-corrected chi connectivity index (χ3v) is 6.38. The van der Waals surface area contributed by atoms with Crippen LogP contribution >= 0.6 is 0 Å². The summed E-state index contributed by atoms with van der Waals surface area (Å²) in [6, 6.07) is 7.73. The van der Waals surface area contributed by atoms with E-state index in [1.165, 1.54) is 70.3 Å². The van der Waals surface area contributed by atoms with Crippen molar-refractivity contribution in [1.82, 2.24) is 10.2 Å². The maximum Gasteiger partial charge on any atom is 0.122 e. The molecule has 0 radical (unpaired) electrons. The van der Waals surface area contributed by atoms with Crippen LogP contribution in [0.25, 0.3) is 5.76 Å². The van der Waals surface area contributed by atoms with Crippen molar-refractivity contribution in [2.75, 3.05) is 32.8 Å². The van der Waals surface area contributed by atoms with E-state index in [-0.39, 0.29) is 0 Å². The molecule has 0 bridgehead atoms. The standard InChI is InChI=1S/C23H34N2O/c1-2-13-25(17-18-9-11-24-12-10-18)22-8-7-19-5-6-20(15-21(19)16-22)23-4-3-14-26-23/h4-6,15,18,22,24H,2-3,7-14,16-17H2,1H3. The van der Waals surface area contributed by atoms with Crippen molar-refractivity contribution >= 4 is 5.76 Å². The molecule has 26 heavy (non-hydrogen) atoms. The van der Waals surface area contributed by atoms with E-state index in [9.17, 15) is 0 Å². The van der Waals surface area contributed by atoms with Gasteiger partial charge in [0, 0.05) is 24.6 Å². The first-order chi connectivity index (χ1) is 12.8. The van der Waals surface area contributed by atoms with Crippen molar-refractivity contribution in [3.63, 3.8) is 0 Å². The van der Waals surface area contributed by atoms with Crippen LogP contribution in [0, 0.1) is 5.92 Å². The SMILES string of the molecule is CCCN(CC1CCNCC1)C1CCc2ccc(C3=CCCO3)cc2C1. The van der Waals surface area contributed by atoms with Crippen molar-refractivity contribution in [2.45, 2.75) is 57.9 Å². The Balaban J connectivity index is 1.46. The van der Waals surface area contributed by atoms with E-state index < -0.39 is 0 Å². The lowest BCUT2D eigenvalue weighted by molar-refractivity contribution is 0.140. The van der Waals surface area contributed by atoms with Crippen LogP contribution in [0.2, 0.25) is 0 Å². The number of piperidine rings is 1. The number of ether oxygens (including phenoxy) is 1. The number of fused-ring (bicyclic) bond motifs is 1. The monoisotopic (exact) mass is 354 g/mol. The summed E-state index contributed by atoms with van der Waals surface area (Å²) in [6.45, 7) is 8.12. The quantitative estimate of drug-likeness (QED) is 0.835. The largest absolute Gasteiger partial charge is 0.493 e. The summed E-state index contributed by atoms with van der Waals surface area (Å²) in [5, 5.41) is 3.51. The van der Waals surface area contributed by atoms with Gasteiger partial charge in [0.05, 0.1) is 6.61 Å². The molecule has 2 aliphatic heterocycles. The topological polar surface area (TPSA) is 24.5 Å². The first kappa shape index (κ1) is 18.1. The minimum atomic E-state index is 0.714. The molecule has 0 amide bonds. The number of hydrogen-bond donors (Lipinski definition) is 1. The molecule has 0 spiro atoms. The second-order valence-electron chi connectivity index (χ2n) is 8.27. The Kier molecular flexibility index (Phi) is 5.96. The Hall–Kier alpha value is -1.32. The van der Waals surface area contributed by atoms with Gasteiger partial charge in [0.1, 0.15) is 5.76 Å². The first-order valence-corrected chi connectivity index (χ1v) is 10.7. The molecule has 0 saturated carbocycles. The molecule has 1 atom stereocenters. The van der Waals surface area contributed by atoms with Gasteiger partial charge in [-0.05, 0) is 87.3 Å². The van der Waals surface area contributed by atoms with Gasteiger partial charge in [-0.2, -0.15) is 0 Å². The predicted octanol–water partition coefficient (Wildman–Crippen LogP) is 4.02. The number of rotatable bonds is 6. The summed E-state index contributed by atoms with van der Waals surface area (Å²) in [5.74, 6) is 1.97. The van der Waals surface area contributed by atoms with Gasteiger partial charge in [0.25, 0.3) is 0 Å². The van der Waals surface area contributed by atoms with Gasteiger partial charge < -0.3 is 10.1 Å². The van der Waals surface area contributed by atoms with Gasteiger partial charge >= 0.3 is 0 Å². The van der Waals surface area contributed by atoms with Crippen LogP contribution < -0.4 is 5.32 Å². The minimum Gasteiger partial charge on any atom is -0.493 e. The Labute approximate surface area is 158 Å². The Morgan fingerprint density at radius 2 is 2.04 bits per heavy atom. The van der Waals surface area contributed by atoms with Gasteiger partial charge in [-0.3, -0.25) is 4.90 Å². The molecule has 1 unspecified atom stereocenters. The maximum atomic E-state index is 5.79. The Morgan fingerprint density at radius 3 is 2.81 bits per heavy atom. The molecule has 3 aliphatic rings. The van der Waals surface area contributed by atoms with Gasteiger partial charge in [-0.15, -0.1) is 0 Å². The average Bonchev–Trinajstić information content (AvgIpc) is 3.22. The van der Waals surface area contributed by atoms with Crippen LogP contribution in [0.3, 0.4) is 0 Å². The summed E-state index contributed by atoms with van der Waals surface area (Å²) < 4.78 is 5.79. The van der Waals surface area contributed by atoms with Crippen molar-refractivity contribution in [3.05, 3.63) is 41.0 Å². The molecular formula is C23H34N2O. The molecule has 4 rings (SSSR count). The lowest BCUT2D eigenvalue weighted by Crippen LogP contribution is -2.44. The molecule has 3 nitrogen and oxygen atoms in total. The predicted molar refractivity (Wildman–Crippen MR) is 108 cm³/mol. The lowest BCUT2D eigenvalue weighted by Gasteiger charge is -2.38. The molecule has 1 fully saturated rings. The molecular weight excluding hydrogens is 320 g/mol. The lowest BCUT2D eigenvalue weighted by atomic mass is 9.85. The zero-order valence-corrected chi connectivity index (χ0v) is 16.3. The van der Waals surface area contributed by atoms with Crippen molar-refractivity contribution < 1.29 is 4.74 Å². The van der Waals surface area contributed by atoms with E-state index in [2.05, 4.69) is 41.4 Å². The molecule has 1 aromatic rings. The fraction of sp³-hybridized carbons (Fsp3) is 0.652. The van der Waals surface area contributed by atoms with Crippen molar-refractivity contribution in [1.29, 1.82) is 0 Å².